The minimum Gasteiger partial charge on any atom is -0.480 e. The van der Waals surface area contributed by atoms with E-state index in [1.807, 2.05) is 13.8 Å². The average molecular weight is 261 g/mol. The zero-order valence-electron chi connectivity index (χ0n) is 11.7. The van der Waals surface area contributed by atoms with Crippen LogP contribution in [0.15, 0.2) is 24.3 Å². The molecule has 3 nitrogen and oxygen atoms in total. The predicted octanol–water partition coefficient (Wildman–Crippen LogP) is 2.81. The lowest BCUT2D eigenvalue weighted by molar-refractivity contribution is -0.140. The topological polar surface area (TPSA) is 49.3 Å². The van der Waals surface area contributed by atoms with Crippen molar-refractivity contribution in [2.24, 2.45) is 5.92 Å². The van der Waals surface area contributed by atoms with E-state index in [2.05, 4.69) is 29.6 Å². The molecule has 0 saturated carbocycles. The van der Waals surface area contributed by atoms with Gasteiger partial charge in [0.25, 0.3) is 0 Å². The summed E-state index contributed by atoms with van der Waals surface area (Å²) in [4.78, 5) is 11.2. The van der Waals surface area contributed by atoms with E-state index in [1.165, 1.54) is 17.5 Å². The van der Waals surface area contributed by atoms with Gasteiger partial charge in [0.1, 0.15) is 6.04 Å². The molecule has 2 atom stereocenters. The van der Waals surface area contributed by atoms with Crippen molar-refractivity contribution in [3.05, 3.63) is 35.4 Å². The van der Waals surface area contributed by atoms with Crippen LogP contribution in [-0.2, 0) is 11.2 Å². The molecule has 1 aromatic carbocycles. The normalized spacial score (nSPS) is 20.1. The molecule has 0 radical (unpaired) electrons. The Morgan fingerprint density at radius 2 is 2.16 bits per heavy atom. The van der Waals surface area contributed by atoms with Crippen LogP contribution in [0.5, 0.6) is 0 Å². The van der Waals surface area contributed by atoms with Crippen LogP contribution in [0, 0.1) is 5.92 Å². The number of rotatable bonds is 5. The molecule has 0 amide bonds. The van der Waals surface area contributed by atoms with E-state index in [0.717, 1.165) is 19.4 Å². The Labute approximate surface area is 115 Å². The summed E-state index contributed by atoms with van der Waals surface area (Å²) in [6, 6.07) is 8.09. The highest BCUT2D eigenvalue weighted by Gasteiger charge is 2.24. The van der Waals surface area contributed by atoms with Crippen LogP contribution in [0.1, 0.15) is 43.7 Å². The number of aliphatic carboxylic acids is 1. The quantitative estimate of drug-likeness (QED) is 0.857. The summed E-state index contributed by atoms with van der Waals surface area (Å²) in [5.41, 5.74) is 2.83. The van der Waals surface area contributed by atoms with Gasteiger partial charge in [0.2, 0.25) is 0 Å². The van der Waals surface area contributed by atoms with Crippen molar-refractivity contribution >= 4 is 5.97 Å². The van der Waals surface area contributed by atoms with E-state index in [4.69, 9.17) is 0 Å². The molecule has 2 N–H and O–H groups in total. The molecule has 0 spiro atoms. The largest absolute Gasteiger partial charge is 0.480 e. The van der Waals surface area contributed by atoms with Crippen LogP contribution < -0.4 is 5.32 Å². The monoisotopic (exact) mass is 261 g/mol. The molecule has 0 heterocycles. The van der Waals surface area contributed by atoms with Crippen molar-refractivity contribution in [2.75, 3.05) is 6.54 Å². The van der Waals surface area contributed by atoms with Gasteiger partial charge in [0, 0.05) is 6.54 Å². The summed E-state index contributed by atoms with van der Waals surface area (Å²) in [6.45, 7) is 4.65. The summed E-state index contributed by atoms with van der Waals surface area (Å²) >= 11 is 0. The number of hydrogen-bond donors (Lipinski definition) is 2. The van der Waals surface area contributed by atoms with Crippen molar-refractivity contribution in [3.8, 4) is 0 Å². The molecule has 19 heavy (non-hydrogen) atoms. The first-order chi connectivity index (χ1) is 9.09. The first-order valence-electron chi connectivity index (χ1n) is 7.13. The first-order valence-corrected chi connectivity index (χ1v) is 7.13. The fourth-order valence-corrected chi connectivity index (χ4v) is 2.94. The summed E-state index contributed by atoms with van der Waals surface area (Å²) in [7, 11) is 0. The lowest BCUT2D eigenvalue weighted by atomic mass is 9.82. The van der Waals surface area contributed by atoms with Gasteiger partial charge in [0.05, 0.1) is 0 Å². The maximum atomic E-state index is 11.2. The highest BCUT2D eigenvalue weighted by Crippen LogP contribution is 2.30. The second-order valence-electron chi connectivity index (χ2n) is 5.76. The van der Waals surface area contributed by atoms with E-state index in [1.54, 1.807) is 0 Å². The number of fused-ring (bicyclic) bond motifs is 1. The molecule has 0 fully saturated rings. The zero-order valence-corrected chi connectivity index (χ0v) is 11.7. The van der Waals surface area contributed by atoms with Crippen LogP contribution >= 0.6 is 0 Å². The molecule has 1 aliphatic rings. The number of hydrogen-bond acceptors (Lipinski definition) is 2. The molecule has 0 aliphatic heterocycles. The van der Waals surface area contributed by atoms with Crippen LogP contribution in [0.2, 0.25) is 0 Å². The van der Waals surface area contributed by atoms with Crippen molar-refractivity contribution in [2.45, 2.75) is 45.1 Å². The van der Waals surface area contributed by atoms with E-state index in [0.29, 0.717) is 5.92 Å². The summed E-state index contributed by atoms with van der Waals surface area (Å²) in [5.74, 6) is -0.194. The third kappa shape index (κ3) is 3.35. The molecule has 2 unspecified atom stereocenters. The van der Waals surface area contributed by atoms with Gasteiger partial charge < -0.3 is 10.4 Å². The van der Waals surface area contributed by atoms with Gasteiger partial charge >= 0.3 is 5.97 Å². The number of carboxylic acids is 1. The van der Waals surface area contributed by atoms with Crippen LogP contribution in [0.25, 0.3) is 0 Å². The lowest BCUT2D eigenvalue weighted by Gasteiger charge is -2.28. The fraction of sp³-hybridized carbons (Fsp3) is 0.562. The number of nitrogens with one attached hydrogen (secondary N) is 1. The zero-order chi connectivity index (χ0) is 13.8. The molecule has 1 aliphatic carbocycles. The molecular weight excluding hydrogens is 238 g/mol. The first kappa shape index (κ1) is 14.1. The average Bonchev–Trinajstić information content (AvgIpc) is 2.38. The Morgan fingerprint density at radius 3 is 2.84 bits per heavy atom. The van der Waals surface area contributed by atoms with Crippen molar-refractivity contribution in [1.29, 1.82) is 0 Å². The Balaban J connectivity index is 2.03. The molecule has 3 heteroatoms. The van der Waals surface area contributed by atoms with E-state index >= 15 is 0 Å². The standard InChI is InChI=1S/C16H23NO2/c1-11(2)15(16(18)19)17-10-13-8-5-7-12-6-3-4-9-14(12)13/h3-4,6,9,11,13,15,17H,5,7-8,10H2,1-2H3,(H,18,19). The molecule has 1 aromatic rings. The SMILES string of the molecule is CC(C)C(NCC1CCCc2ccccc21)C(=O)O. The van der Waals surface area contributed by atoms with Crippen LogP contribution in [0.4, 0.5) is 0 Å². The van der Waals surface area contributed by atoms with Crippen molar-refractivity contribution in [1.82, 2.24) is 5.32 Å². The maximum Gasteiger partial charge on any atom is 0.320 e. The molecule has 104 valence electrons. The highest BCUT2D eigenvalue weighted by molar-refractivity contribution is 5.73. The highest BCUT2D eigenvalue weighted by atomic mass is 16.4. The number of aryl methyl sites for hydroxylation is 1. The van der Waals surface area contributed by atoms with Gasteiger partial charge in [-0.2, -0.15) is 0 Å². The number of benzene rings is 1. The van der Waals surface area contributed by atoms with Crippen LogP contribution in [-0.4, -0.2) is 23.7 Å². The van der Waals surface area contributed by atoms with Crippen molar-refractivity contribution < 1.29 is 9.90 Å². The third-order valence-corrected chi connectivity index (χ3v) is 4.01. The van der Waals surface area contributed by atoms with Gasteiger partial charge in [-0.25, -0.2) is 0 Å². The summed E-state index contributed by atoms with van der Waals surface area (Å²) in [5, 5.41) is 12.4. The summed E-state index contributed by atoms with van der Waals surface area (Å²) < 4.78 is 0. The third-order valence-electron chi connectivity index (χ3n) is 4.01. The Kier molecular flexibility index (Phi) is 4.59. The smallest absolute Gasteiger partial charge is 0.320 e. The lowest BCUT2D eigenvalue weighted by Crippen LogP contribution is -2.43. The minimum absolute atomic E-state index is 0.108. The number of carboxylic acid groups (broad SMARTS) is 1. The van der Waals surface area contributed by atoms with Gasteiger partial charge in [-0.1, -0.05) is 38.1 Å². The second-order valence-corrected chi connectivity index (χ2v) is 5.76. The van der Waals surface area contributed by atoms with E-state index in [9.17, 15) is 9.90 Å². The molecule has 0 bridgehead atoms. The minimum atomic E-state index is -0.751. The van der Waals surface area contributed by atoms with Gasteiger partial charge in [-0.05, 0) is 42.2 Å². The fourth-order valence-electron chi connectivity index (χ4n) is 2.94. The molecule has 0 aromatic heterocycles. The van der Waals surface area contributed by atoms with Gasteiger partial charge in [-0.3, -0.25) is 4.79 Å². The Bertz CT molecular complexity index is 442. The number of carbonyl (C=O) groups is 1. The Hall–Kier alpha value is -1.35. The van der Waals surface area contributed by atoms with Gasteiger partial charge in [-0.15, -0.1) is 0 Å². The van der Waals surface area contributed by atoms with Crippen LogP contribution in [0.3, 0.4) is 0 Å². The Morgan fingerprint density at radius 1 is 1.42 bits per heavy atom. The molecule has 2 rings (SSSR count). The summed E-state index contributed by atoms with van der Waals surface area (Å²) in [6.07, 6.45) is 3.50. The molecule has 0 saturated heterocycles. The van der Waals surface area contributed by atoms with E-state index in [-0.39, 0.29) is 5.92 Å². The van der Waals surface area contributed by atoms with E-state index < -0.39 is 12.0 Å². The molecular formula is C16H23NO2. The maximum absolute atomic E-state index is 11.2. The van der Waals surface area contributed by atoms with Gasteiger partial charge in [0.15, 0.2) is 0 Å². The second kappa shape index (κ2) is 6.20. The van der Waals surface area contributed by atoms with Crippen molar-refractivity contribution in [3.63, 3.8) is 0 Å². The predicted molar refractivity (Wildman–Crippen MR) is 76.4 cm³/mol.